The van der Waals surface area contributed by atoms with Crippen molar-refractivity contribution in [3.8, 4) is 0 Å². The van der Waals surface area contributed by atoms with E-state index < -0.39 is 11.7 Å². The molecule has 0 amide bonds. The average Bonchev–Trinajstić information content (AvgIpc) is 2.94. The number of hydrogen-bond donors (Lipinski definition) is 1. The van der Waals surface area contributed by atoms with Gasteiger partial charge in [0.2, 0.25) is 0 Å². The second-order valence-corrected chi connectivity index (χ2v) is 5.97. The van der Waals surface area contributed by atoms with Crippen LogP contribution in [0.25, 0.3) is 4.96 Å². The zero-order valence-corrected chi connectivity index (χ0v) is 13.0. The van der Waals surface area contributed by atoms with Crippen molar-refractivity contribution in [3.63, 3.8) is 0 Å². The van der Waals surface area contributed by atoms with E-state index in [1.165, 1.54) is 33.9 Å². The molecule has 1 aromatic carbocycles. The highest BCUT2D eigenvalue weighted by atomic mass is 35.5. The zero-order valence-electron chi connectivity index (χ0n) is 11.4. The van der Waals surface area contributed by atoms with Gasteiger partial charge in [0.1, 0.15) is 0 Å². The lowest BCUT2D eigenvalue weighted by molar-refractivity contribution is -0.137. The standard InChI is InChI=1S/C14H9ClF3N3OS/c15-11-2-1-8(5-10(11)14(16,17)18)19-7-9-6-12(22)21-3-4-23-13(21)20-9/h1-6,19H,7H2. The molecule has 23 heavy (non-hydrogen) atoms. The number of alkyl halides is 3. The molecule has 0 aliphatic rings. The number of benzene rings is 1. The molecule has 120 valence electrons. The lowest BCUT2D eigenvalue weighted by Crippen LogP contribution is -2.15. The Kier molecular flexibility index (Phi) is 4.03. The maximum atomic E-state index is 12.8. The van der Waals surface area contributed by atoms with E-state index in [4.69, 9.17) is 11.6 Å². The van der Waals surface area contributed by atoms with E-state index in [0.29, 0.717) is 10.7 Å². The number of anilines is 1. The Morgan fingerprint density at radius 1 is 1.30 bits per heavy atom. The van der Waals surface area contributed by atoms with Crippen LogP contribution in [-0.2, 0) is 12.7 Å². The number of rotatable bonds is 3. The third-order valence-corrected chi connectivity index (χ3v) is 4.19. The Balaban J connectivity index is 1.83. The van der Waals surface area contributed by atoms with Crippen molar-refractivity contribution in [1.29, 1.82) is 0 Å². The van der Waals surface area contributed by atoms with Crippen molar-refractivity contribution in [2.24, 2.45) is 0 Å². The molecule has 0 bridgehead atoms. The molecule has 0 unspecified atom stereocenters. The van der Waals surface area contributed by atoms with Crippen molar-refractivity contribution in [1.82, 2.24) is 9.38 Å². The maximum Gasteiger partial charge on any atom is 0.417 e. The van der Waals surface area contributed by atoms with E-state index >= 15 is 0 Å². The average molecular weight is 360 g/mol. The van der Waals surface area contributed by atoms with Crippen LogP contribution in [0.15, 0.2) is 40.6 Å². The molecule has 3 aromatic rings. The Morgan fingerprint density at radius 3 is 2.83 bits per heavy atom. The molecule has 0 radical (unpaired) electrons. The molecular weight excluding hydrogens is 351 g/mol. The van der Waals surface area contributed by atoms with Gasteiger partial charge in [-0.15, -0.1) is 11.3 Å². The molecule has 1 N–H and O–H groups in total. The van der Waals surface area contributed by atoms with E-state index in [0.717, 1.165) is 6.07 Å². The minimum absolute atomic E-state index is 0.128. The normalized spacial score (nSPS) is 11.8. The van der Waals surface area contributed by atoms with E-state index in [1.54, 1.807) is 11.6 Å². The summed E-state index contributed by atoms with van der Waals surface area (Å²) in [5.41, 5.74) is -0.457. The van der Waals surface area contributed by atoms with Gasteiger partial charge in [-0.2, -0.15) is 13.2 Å². The highest BCUT2D eigenvalue weighted by molar-refractivity contribution is 7.15. The lowest BCUT2D eigenvalue weighted by Gasteiger charge is -2.12. The van der Waals surface area contributed by atoms with Crippen molar-refractivity contribution in [2.45, 2.75) is 12.7 Å². The largest absolute Gasteiger partial charge is 0.417 e. The van der Waals surface area contributed by atoms with Gasteiger partial charge < -0.3 is 5.32 Å². The number of fused-ring (bicyclic) bond motifs is 1. The molecule has 0 saturated heterocycles. The summed E-state index contributed by atoms with van der Waals surface area (Å²) in [6.45, 7) is 0.128. The molecule has 3 rings (SSSR count). The van der Waals surface area contributed by atoms with Gasteiger partial charge in [0.05, 0.1) is 22.8 Å². The summed E-state index contributed by atoms with van der Waals surface area (Å²) < 4.78 is 39.9. The molecule has 0 spiro atoms. The van der Waals surface area contributed by atoms with E-state index in [2.05, 4.69) is 10.3 Å². The first-order valence-corrected chi connectivity index (χ1v) is 7.67. The van der Waals surface area contributed by atoms with Gasteiger partial charge >= 0.3 is 6.18 Å². The number of aromatic nitrogens is 2. The van der Waals surface area contributed by atoms with Crippen LogP contribution < -0.4 is 10.9 Å². The van der Waals surface area contributed by atoms with Crippen molar-refractivity contribution < 1.29 is 13.2 Å². The van der Waals surface area contributed by atoms with Gasteiger partial charge in [-0.25, -0.2) is 4.98 Å². The predicted octanol–water partition coefficient (Wildman–Crippen LogP) is 4.04. The van der Waals surface area contributed by atoms with Crippen LogP contribution in [0.2, 0.25) is 5.02 Å². The summed E-state index contributed by atoms with van der Waals surface area (Å²) in [5, 5.41) is 4.19. The van der Waals surface area contributed by atoms with Crippen LogP contribution in [0.3, 0.4) is 0 Å². The summed E-state index contributed by atoms with van der Waals surface area (Å²) in [7, 11) is 0. The summed E-state index contributed by atoms with van der Waals surface area (Å²) in [6, 6.07) is 4.89. The Bertz CT molecular complexity index is 920. The van der Waals surface area contributed by atoms with Crippen LogP contribution in [0.1, 0.15) is 11.3 Å². The lowest BCUT2D eigenvalue weighted by atomic mass is 10.2. The quantitative estimate of drug-likeness (QED) is 0.767. The van der Waals surface area contributed by atoms with Crippen LogP contribution in [0.5, 0.6) is 0 Å². The predicted molar refractivity (Wildman–Crippen MR) is 83.1 cm³/mol. The molecule has 0 fully saturated rings. The summed E-state index contributed by atoms with van der Waals surface area (Å²) in [4.78, 5) is 16.6. The minimum atomic E-state index is -4.53. The maximum absolute atomic E-state index is 12.8. The van der Waals surface area contributed by atoms with E-state index in [1.807, 2.05) is 0 Å². The van der Waals surface area contributed by atoms with E-state index in [-0.39, 0.29) is 22.8 Å². The van der Waals surface area contributed by atoms with Gasteiger partial charge in [-0.3, -0.25) is 9.20 Å². The molecule has 0 atom stereocenters. The Labute approximate surface area is 137 Å². The van der Waals surface area contributed by atoms with Gasteiger partial charge in [0.25, 0.3) is 5.56 Å². The molecule has 2 heterocycles. The third-order valence-electron chi connectivity index (χ3n) is 3.10. The number of halogens is 4. The smallest absolute Gasteiger partial charge is 0.379 e. The monoisotopic (exact) mass is 359 g/mol. The third kappa shape index (κ3) is 3.32. The number of thiazole rings is 1. The highest BCUT2D eigenvalue weighted by Gasteiger charge is 2.33. The fraction of sp³-hybridized carbons (Fsp3) is 0.143. The summed E-state index contributed by atoms with van der Waals surface area (Å²) in [5.74, 6) is 0. The fourth-order valence-corrected chi connectivity index (χ4v) is 2.99. The Hall–Kier alpha value is -2.06. The summed E-state index contributed by atoms with van der Waals surface area (Å²) >= 11 is 6.87. The first kappa shape index (κ1) is 15.8. The molecule has 9 heteroatoms. The van der Waals surface area contributed by atoms with E-state index in [9.17, 15) is 18.0 Å². The second kappa shape index (κ2) is 5.86. The van der Waals surface area contributed by atoms with Crippen LogP contribution >= 0.6 is 22.9 Å². The van der Waals surface area contributed by atoms with Gasteiger partial charge in [-0.1, -0.05) is 11.6 Å². The molecule has 0 aliphatic carbocycles. The van der Waals surface area contributed by atoms with Crippen LogP contribution in [0, 0.1) is 0 Å². The molecule has 0 saturated carbocycles. The SMILES string of the molecule is O=c1cc(CNc2ccc(Cl)c(C(F)(F)F)c2)nc2sccn12. The van der Waals surface area contributed by atoms with Crippen LogP contribution in [0.4, 0.5) is 18.9 Å². The molecule has 2 aromatic heterocycles. The van der Waals surface area contributed by atoms with Gasteiger partial charge in [-0.05, 0) is 18.2 Å². The first-order chi connectivity index (χ1) is 10.8. The highest BCUT2D eigenvalue weighted by Crippen LogP contribution is 2.36. The fourth-order valence-electron chi connectivity index (χ4n) is 2.02. The van der Waals surface area contributed by atoms with Gasteiger partial charge in [0, 0.05) is 23.3 Å². The topological polar surface area (TPSA) is 46.4 Å². The number of nitrogens with one attached hydrogen (secondary N) is 1. The molecule has 4 nitrogen and oxygen atoms in total. The van der Waals surface area contributed by atoms with Crippen molar-refractivity contribution in [2.75, 3.05) is 5.32 Å². The molecular formula is C14H9ClF3N3OS. The summed E-state index contributed by atoms with van der Waals surface area (Å²) in [6.07, 6.45) is -2.91. The second-order valence-electron chi connectivity index (χ2n) is 4.69. The van der Waals surface area contributed by atoms with Crippen LogP contribution in [-0.4, -0.2) is 9.38 Å². The zero-order chi connectivity index (χ0) is 16.6. The number of nitrogens with zero attached hydrogens (tertiary/aromatic N) is 2. The molecule has 0 aliphatic heterocycles. The number of hydrogen-bond acceptors (Lipinski definition) is 4. The van der Waals surface area contributed by atoms with Crippen molar-refractivity contribution >= 4 is 33.6 Å². The first-order valence-electron chi connectivity index (χ1n) is 6.41. The van der Waals surface area contributed by atoms with Gasteiger partial charge in [0.15, 0.2) is 4.96 Å². The van der Waals surface area contributed by atoms with Crippen molar-refractivity contribution in [3.05, 3.63) is 62.5 Å². The Morgan fingerprint density at radius 2 is 2.09 bits per heavy atom. The minimum Gasteiger partial charge on any atom is -0.379 e.